The maximum Gasteiger partial charge on any atom is 0.151 e. The molecule has 0 radical (unpaired) electrons. The Morgan fingerprint density at radius 2 is 1.67 bits per heavy atom. The fraction of sp³-hybridized carbons (Fsp3) is 0.455. The van der Waals surface area contributed by atoms with E-state index in [1.54, 1.807) is 7.11 Å². The first-order valence-electron chi connectivity index (χ1n) is 15.1. The van der Waals surface area contributed by atoms with Crippen LogP contribution in [0.4, 0.5) is 5.69 Å². The average molecular weight is 573 g/mol. The molecule has 2 aromatic rings. The predicted octanol–water partition coefficient (Wildman–Crippen LogP) is 4.39. The quantitative estimate of drug-likeness (QED) is 0.215. The number of nitrogens with one attached hydrogen (secondary N) is 2. The van der Waals surface area contributed by atoms with Crippen LogP contribution in [0.25, 0.3) is 0 Å². The van der Waals surface area contributed by atoms with Gasteiger partial charge in [0.2, 0.25) is 0 Å². The zero-order chi connectivity index (χ0) is 29.7. The summed E-state index contributed by atoms with van der Waals surface area (Å²) in [6.07, 6.45) is 7.43. The van der Waals surface area contributed by atoms with E-state index in [4.69, 9.17) is 10.5 Å². The van der Waals surface area contributed by atoms with Crippen LogP contribution in [0, 0.1) is 0 Å². The van der Waals surface area contributed by atoms with Crippen LogP contribution in [0.3, 0.4) is 0 Å². The van der Waals surface area contributed by atoms with Crippen molar-refractivity contribution in [1.82, 2.24) is 20.0 Å². The molecule has 1 fully saturated rings. The van der Waals surface area contributed by atoms with Crippen LogP contribution in [-0.4, -0.2) is 80.7 Å². The van der Waals surface area contributed by atoms with Crippen molar-refractivity contribution in [3.63, 3.8) is 0 Å². The third-order valence-electron chi connectivity index (χ3n) is 7.87. The van der Waals surface area contributed by atoms with Gasteiger partial charge in [0.1, 0.15) is 11.4 Å². The second-order valence-corrected chi connectivity index (χ2v) is 10.8. The highest BCUT2D eigenvalue weighted by Gasteiger charge is 2.24. The number of rotatable bonds is 15. The summed E-state index contributed by atoms with van der Waals surface area (Å²) in [7, 11) is 3.70. The number of hydrogen-bond acceptors (Lipinski definition) is 9. The number of hydrogen-bond donors (Lipinski definition) is 3. The molecule has 0 aromatic heterocycles. The molecule has 2 aromatic carbocycles. The van der Waals surface area contributed by atoms with Crippen LogP contribution in [0.2, 0.25) is 0 Å². The molecule has 0 aliphatic carbocycles. The standard InChI is InChI=1S/C33H48N8O/c1-5-6-7-15-37-33(36-3)32-30(38-25-34)14-16-41(32)24-28-11-8-27(21-31(28)42-4)23-40-19-17-39(18-20-40)22-26-9-12-29(35-2)13-10-26/h8-14,16,21,35,37H,3,5-7,15,17-20,22-25,34H2,1-2,4H3/b33-32-,38-30-. The molecule has 0 atom stereocenters. The third-order valence-corrected chi connectivity index (χ3v) is 7.87. The minimum atomic E-state index is 0.216. The lowest BCUT2D eigenvalue weighted by molar-refractivity contribution is 0.122. The molecule has 9 heteroatoms. The maximum absolute atomic E-state index is 5.87. The van der Waals surface area contributed by atoms with Crippen molar-refractivity contribution >= 4 is 18.1 Å². The number of benzene rings is 2. The first-order valence-corrected chi connectivity index (χ1v) is 15.1. The highest BCUT2D eigenvalue weighted by atomic mass is 16.5. The topological polar surface area (TPSA) is 93.7 Å². The van der Waals surface area contributed by atoms with Crippen LogP contribution >= 0.6 is 0 Å². The maximum atomic E-state index is 5.87. The second kappa shape index (κ2) is 16.1. The molecule has 2 aliphatic heterocycles. The van der Waals surface area contributed by atoms with Gasteiger partial charge in [-0.1, -0.05) is 44.0 Å². The zero-order valence-corrected chi connectivity index (χ0v) is 25.6. The van der Waals surface area contributed by atoms with Gasteiger partial charge < -0.3 is 26.0 Å². The Hall–Kier alpha value is -3.66. The van der Waals surface area contributed by atoms with Gasteiger partial charge in [0.25, 0.3) is 0 Å². The number of ether oxygens (including phenoxy) is 1. The number of methoxy groups -OCH3 is 1. The van der Waals surface area contributed by atoms with Crippen molar-refractivity contribution in [3.8, 4) is 5.75 Å². The number of piperazine rings is 1. The van der Waals surface area contributed by atoms with Gasteiger partial charge >= 0.3 is 0 Å². The molecule has 4 rings (SSSR count). The summed E-state index contributed by atoms with van der Waals surface area (Å²) in [5, 5.41) is 6.65. The van der Waals surface area contributed by atoms with E-state index in [1.807, 2.05) is 19.3 Å². The second-order valence-electron chi connectivity index (χ2n) is 10.8. The van der Waals surface area contributed by atoms with Crippen molar-refractivity contribution < 1.29 is 4.74 Å². The van der Waals surface area contributed by atoms with Crippen molar-refractivity contribution in [2.45, 2.75) is 45.8 Å². The van der Waals surface area contributed by atoms with E-state index in [0.29, 0.717) is 6.54 Å². The van der Waals surface area contributed by atoms with Gasteiger partial charge in [-0.25, -0.2) is 4.99 Å². The number of nitrogens with two attached hydrogens (primary N) is 1. The lowest BCUT2D eigenvalue weighted by atomic mass is 10.1. The molecule has 2 aliphatic rings. The Balaban J connectivity index is 1.38. The summed E-state index contributed by atoms with van der Waals surface area (Å²) in [6.45, 7) is 13.9. The van der Waals surface area contributed by atoms with Gasteiger partial charge in [-0.3, -0.25) is 14.8 Å². The number of anilines is 1. The van der Waals surface area contributed by atoms with Gasteiger partial charge in [0.15, 0.2) is 5.82 Å². The van der Waals surface area contributed by atoms with Crippen molar-refractivity contribution in [1.29, 1.82) is 0 Å². The first-order chi connectivity index (χ1) is 20.6. The molecule has 0 unspecified atom stereocenters. The Morgan fingerprint density at radius 1 is 0.976 bits per heavy atom. The van der Waals surface area contributed by atoms with Crippen molar-refractivity contribution in [2.75, 3.05) is 58.9 Å². The van der Waals surface area contributed by atoms with Gasteiger partial charge in [0.05, 0.1) is 26.0 Å². The SMILES string of the molecule is C=N/C(NCCCCC)=C1\C(=N/CN)C=CN1Cc1ccc(CN2CCN(Cc3ccc(NC)cc3)CC2)cc1OC. The number of unbranched alkanes of at least 4 members (excludes halogenated alkanes) is 2. The predicted molar refractivity (Wildman–Crippen MR) is 175 cm³/mol. The first kappa shape index (κ1) is 31.3. The van der Waals surface area contributed by atoms with Crippen LogP contribution in [0.5, 0.6) is 5.75 Å². The molecule has 2 heterocycles. The van der Waals surface area contributed by atoms with Crippen LogP contribution in [0.1, 0.15) is 42.9 Å². The van der Waals surface area contributed by atoms with Crippen LogP contribution < -0.4 is 21.1 Å². The third kappa shape index (κ3) is 8.44. The fourth-order valence-electron chi connectivity index (χ4n) is 5.47. The molecule has 226 valence electrons. The Bertz CT molecular complexity index is 1250. The van der Waals surface area contributed by atoms with Crippen molar-refractivity contribution in [2.24, 2.45) is 15.7 Å². The Kier molecular flexibility index (Phi) is 12.0. The van der Waals surface area contributed by atoms with E-state index in [9.17, 15) is 0 Å². The van der Waals surface area contributed by atoms with Crippen molar-refractivity contribution in [3.05, 3.63) is 82.9 Å². The normalized spacial score (nSPS) is 18.0. The summed E-state index contributed by atoms with van der Waals surface area (Å²) in [5.41, 5.74) is 12.4. The molecule has 4 N–H and O–H groups in total. The van der Waals surface area contributed by atoms with Crippen LogP contribution in [-0.2, 0) is 19.6 Å². The largest absolute Gasteiger partial charge is 0.496 e. The summed E-state index contributed by atoms with van der Waals surface area (Å²) in [6, 6.07) is 15.3. The van der Waals surface area contributed by atoms with E-state index < -0.39 is 0 Å². The lowest BCUT2D eigenvalue weighted by Crippen LogP contribution is -2.45. The minimum Gasteiger partial charge on any atom is -0.496 e. The monoisotopic (exact) mass is 572 g/mol. The Labute approximate surface area is 251 Å². The minimum absolute atomic E-state index is 0.216. The summed E-state index contributed by atoms with van der Waals surface area (Å²) in [5.74, 6) is 1.62. The summed E-state index contributed by atoms with van der Waals surface area (Å²) in [4.78, 5) is 16.0. The van der Waals surface area contributed by atoms with Gasteiger partial charge in [-0.05, 0) is 48.5 Å². The number of nitrogens with zero attached hydrogens (tertiary/aromatic N) is 5. The van der Waals surface area contributed by atoms with Gasteiger partial charge in [0, 0.05) is 70.3 Å². The molecule has 0 saturated carbocycles. The highest BCUT2D eigenvalue weighted by Crippen LogP contribution is 2.28. The van der Waals surface area contributed by atoms with Crippen LogP contribution in [0.15, 0.2) is 76.2 Å². The number of aliphatic imine (C=N–C) groups is 2. The molecular formula is C33H48N8O. The molecule has 0 amide bonds. The lowest BCUT2D eigenvalue weighted by Gasteiger charge is -2.35. The van der Waals surface area contributed by atoms with E-state index in [2.05, 4.69) is 91.4 Å². The summed E-state index contributed by atoms with van der Waals surface area (Å²) < 4.78 is 5.87. The molecule has 42 heavy (non-hydrogen) atoms. The molecular weight excluding hydrogens is 524 g/mol. The zero-order valence-electron chi connectivity index (χ0n) is 25.6. The summed E-state index contributed by atoms with van der Waals surface area (Å²) >= 11 is 0. The molecule has 0 bridgehead atoms. The van der Waals surface area contributed by atoms with Gasteiger partial charge in [-0.15, -0.1) is 0 Å². The average Bonchev–Trinajstić information content (AvgIpc) is 3.41. The number of allylic oxidation sites excluding steroid dienone is 1. The van der Waals surface area contributed by atoms with E-state index in [1.165, 1.54) is 24.0 Å². The Morgan fingerprint density at radius 3 is 2.29 bits per heavy atom. The van der Waals surface area contributed by atoms with E-state index in [0.717, 1.165) is 86.5 Å². The molecule has 9 nitrogen and oxygen atoms in total. The molecule has 1 saturated heterocycles. The smallest absolute Gasteiger partial charge is 0.151 e. The van der Waals surface area contributed by atoms with E-state index in [-0.39, 0.29) is 6.67 Å². The van der Waals surface area contributed by atoms with E-state index >= 15 is 0 Å². The fourth-order valence-corrected chi connectivity index (χ4v) is 5.47. The highest BCUT2D eigenvalue weighted by molar-refractivity contribution is 6.10. The van der Waals surface area contributed by atoms with Gasteiger partial charge in [-0.2, -0.15) is 0 Å². The molecule has 0 spiro atoms.